The van der Waals surface area contributed by atoms with Crippen LogP contribution in [0.5, 0.6) is 11.5 Å². The maximum Gasteiger partial charge on any atom is 0.273 e. The minimum Gasteiger partial charge on any atom is -0.455 e. The molecule has 0 unspecified atom stereocenters. The van der Waals surface area contributed by atoms with Gasteiger partial charge in [0, 0.05) is 23.3 Å². The number of hydrogen-bond donors (Lipinski definition) is 0. The number of ether oxygens (including phenoxy) is 2. The predicted octanol–water partition coefficient (Wildman–Crippen LogP) is 4.64. The van der Waals surface area contributed by atoms with Gasteiger partial charge in [0.1, 0.15) is 11.5 Å². The van der Waals surface area contributed by atoms with E-state index in [2.05, 4.69) is 4.99 Å². The van der Waals surface area contributed by atoms with Crippen LogP contribution in [-0.2, 0) is 0 Å². The molecule has 130 valence electrons. The summed E-state index contributed by atoms with van der Waals surface area (Å²) in [5, 5.41) is 11.1. The molecule has 1 aromatic heterocycles. The fourth-order valence-corrected chi connectivity index (χ4v) is 2.64. The fraction of sp³-hybridized carbons (Fsp3) is 0.105. The summed E-state index contributed by atoms with van der Waals surface area (Å²) < 4.78 is 16.3. The molecule has 0 aliphatic carbocycles. The lowest BCUT2D eigenvalue weighted by molar-refractivity contribution is -0.385. The van der Waals surface area contributed by atoms with Crippen molar-refractivity contribution in [2.24, 2.45) is 4.99 Å². The second kappa shape index (κ2) is 6.36. The van der Waals surface area contributed by atoms with E-state index in [1.54, 1.807) is 49.5 Å². The third-order valence-corrected chi connectivity index (χ3v) is 4.01. The molecule has 0 bridgehead atoms. The molecule has 0 spiro atoms. The van der Waals surface area contributed by atoms with E-state index >= 15 is 0 Å². The van der Waals surface area contributed by atoms with Crippen molar-refractivity contribution in [1.82, 2.24) is 0 Å². The van der Waals surface area contributed by atoms with Crippen LogP contribution in [0.25, 0.3) is 11.3 Å². The van der Waals surface area contributed by atoms with Gasteiger partial charge in [-0.2, -0.15) is 0 Å². The zero-order chi connectivity index (χ0) is 18.1. The minimum atomic E-state index is -0.399. The average molecular weight is 350 g/mol. The molecule has 26 heavy (non-hydrogen) atoms. The second-order valence-electron chi connectivity index (χ2n) is 5.76. The zero-order valence-corrected chi connectivity index (χ0v) is 13.8. The van der Waals surface area contributed by atoms with Crippen molar-refractivity contribution in [2.45, 2.75) is 6.92 Å². The lowest BCUT2D eigenvalue weighted by Crippen LogP contribution is -1.92. The van der Waals surface area contributed by atoms with Gasteiger partial charge in [0.25, 0.3) is 5.69 Å². The Labute approximate surface area is 148 Å². The van der Waals surface area contributed by atoms with Crippen molar-refractivity contribution < 1.29 is 18.8 Å². The van der Waals surface area contributed by atoms with E-state index in [9.17, 15) is 10.1 Å². The molecule has 7 nitrogen and oxygen atoms in total. The number of hydrogen-bond acceptors (Lipinski definition) is 6. The fourth-order valence-electron chi connectivity index (χ4n) is 2.64. The number of nitro benzene ring substituents is 1. The third-order valence-electron chi connectivity index (χ3n) is 4.01. The first-order chi connectivity index (χ1) is 12.6. The lowest BCUT2D eigenvalue weighted by atomic mass is 10.1. The van der Waals surface area contributed by atoms with Crippen LogP contribution in [0.2, 0.25) is 0 Å². The molecule has 7 heteroatoms. The van der Waals surface area contributed by atoms with Gasteiger partial charge in [-0.3, -0.25) is 15.1 Å². The molecule has 0 fully saturated rings. The van der Waals surface area contributed by atoms with Gasteiger partial charge in [0.15, 0.2) is 11.5 Å². The average Bonchev–Trinajstić information content (AvgIpc) is 3.29. The van der Waals surface area contributed by atoms with Crippen LogP contribution in [-0.4, -0.2) is 17.9 Å². The molecule has 0 N–H and O–H groups in total. The minimum absolute atomic E-state index is 0.0643. The Kier molecular flexibility index (Phi) is 3.89. The van der Waals surface area contributed by atoms with Gasteiger partial charge in [-0.25, -0.2) is 0 Å². The summed E-state index contributed by atoms with van der Waals surface area (Å²) >= 11 is 0. The Morgan fingerprint density at radius 3 is 2.77 bits per heavy atom. The topological polar surface area (TPSA) is 87.1 Å². The quantitative estimate of drug-likeness (QED) is 0.388. The molecular formula is C19H14N2O5. The van der Waals surface area contributed by atoms with E-state index < -0.39 is 4.92 Å². The standard InChI is InChI=1S/C19H14N2O5/c1-12-2-3-13(8-16(12)21(22)23)17-7-5-15(26-17)10-20-14-4-6-18-19(9-14)25-11-24-18/h2-10H,11H2,1H3. The first-order valence-corrected chi connectivity index (χ1v) is 7.89. The van der Waals surface area contributed by atoms with E-state index in [1.807, 2.05) is 6.07 Å². The summed E-state index contributed by atoms with van der Waals surface area (Å²) in [6.45, 7) is 1.92. The maximum atomic E-state index is 11.1. The highest BCUT2D eigenvalue weighted by atomic mass is 16.7. The van der Waals surface area contributed by atoms with Crippen molar-refractivity contribution in [2.75, 3.05) is 6.79 Å². The van der Waals surface area contributed by atoms with Crippen LogP contribution in [0, 0.1) is 17.0 Å². The van der Waals surface area contributed by atoms with Crippen LogP contribution >= 0.6 is 0 Å². The molecule has 0 saturated carbocycles. The number of nitro groups is 1. The van der Waals surface area contributed by atoms with Gasteiger partial charge in [-0.1, -0.05) is 12.1 Å². The zero-order valence-electron chi connectivity index (χ0n) is 13.8. The molecule has 0 radical (unpaired) electrons. The Bertz CT molecular complexity index is 1020. The summed E-state index contributed by atoms with van der Waals surface area (Å²) in [6.07, 6.45) is 1.59. The van der Waals surface area contributed by atoms with Crippen LogP contribution in [0.4, 0.5) is 11.4 Å². The lowest BCUT2D eigenvalue weighted by Gasteiger charge is -2.00. The Hall–Kier alpha value is -3.61. The van der Waals surface area contributed by atoms with Gasteiger partial charge >= 0.3 is 0 Å². The summed E-state index contributed by atoms with van der Waals surface area (Å²) in [6, 6.07) is 13.9. The number of rotatable bonds is 4. The highest BCUT2D eigenvalue weighted by molar-refractivity contribution is 5.80. The Balaban J connectivity index is 1.57. The Morgan fingerprint density at radius 2 is 1.92 bits per heavy atom. The number of furan rings is 1. The molecule has 2 aromatic carbocycles. The third kappa shape index (κ3) is 3.02. The van der Waals surface area contributed by atoms with Crippen LogP contribution in [0.1, 0.15) is 11.3 Å². The van der Waals surface area contributed by atoms with Gasteiger partial charge in [0.2, 0.25) is 6.79 Å². The molecule has 4 rings (SSSR count). The number of aryl methyl sites for hydroxylation is 1. The molecule has 1 aliphatic rings. The maximum absolute atomic E-state index is 11.1. The molecule has 0 atom stereocenters. The number of fused-ring (bicyclic) bond motifs is 1. The molecule has 2 heterocycles. The molecule has 0 amide bonds. The molecule has 3 aromatic rings. The number of aliphatic imine (C=N–C) groups is 1. The van der Waals surface area contributed by atoms with Crippen molar-refractivity contribution >= 4 is 17.6 Å². The largest absolute Gasteiger partial charge is 0.455 e. The summed E-state index contributed by atoms with van der Waals surface area (Å²) in [4.78, 5) is 15.0. The van der Waals surface area contributed by atoms with Crippen LogP contribution in [0.15, 0.2) is 57.9 Å². The molecular weight excluding hydrogens is 336 g/mol. The van der Waals surface area contributed by atoms with Gasteiger partial charge < -0.3 is 13.9 Å². The van der Waals surface area contributed by atoms with E-state index in [4.69, 9.17) is 13.9 Å². The van der Waals surface area contributed by atoms with E-state index in [0.29, 0.717) is 39.8 Å². The summed E-state index contributed by atoms with van der Waals surface area (Å²) in [5.74, 6) is 2.44. The van der Waals surface area contributed by atoms with Crippen molar-refractivity contribution in [3.8, 4) is 22.8 Å². The van der Waals surface area contributed by atoms with Crippen LogP contribution < -0.4 is 9.47 Å². The number of nitrogens with zero attached hydrogens (tertiary/aromatic N) is 2. The predicted molar refractivity (Wildman–Crippen MR) is 95.4 cm³/mol. The molecule has 0 saturated heterocycles. The normalized spacial score (nSPS) is 12.7. The SMILES string of the molecule is Cc1ccc(-c2ccc(C=Nc3ccc4c(c3)OCO4)o2)cc1[N+](=O)[O-]. The van der Waals surface area contributed by atoms with E-state index in [-0.39, 0.29) is 12.5 Å². The van der Waals surface area contributed by atoms with E-state index in [0.717, 1.165) is 0 Å². The van der Waals surface area contributed by atoms with Gasteiger partial charge in [-0.15, -0.1) is 0 Å². The van der Waals surface area contributed by atoms with E-state index in [1.165, 1.54) is 6.07 Å². The first kappa shape index (κ1) is 15.9. The smallest absolute Gasteiger partial charge is 0.273 e. The highest BCUT2D eigenvalue weighted by Gasteiger charge is 2.14. The summed E-state index contributed by atoms with van der Waals surface area (Å²) in [5.41, 5.74) is 2.02. The Morgan fingerprint density at radius 1 is 1.08 bits per heavy atom. The monoisotopic (exact) mass is 350 g/mol. The van der Waals surface area contributed by atoms with Crippen molar-refractivity contribution in [1.29, 1.82) is 0 Å². The van der Waals surface area contributed by atoms with Crippen molar-refractivity contribution in [3.63, 3.8) is 0 Å². The first-order valence-electron chi connectivity index (χ1n) is 7.89. The summed E-state index contributed by atoms with van der Waals surface area (Å²) in [7, 11) is 0. The van der Waals surface area contributed by atoms with Gasteiger partial charge in [-0.05, 0) is 31.2 Å². The highest BCUT2D eigenvalue weighted by Crippen LogP contribution is 2.35. The molecule has 1 aliphatic heterocycles. The number of benzene rings is 2. The second-order valence-corrected chi connectivity index (χ2v) is 5.76. The van der Waals surface area contributed by atoms with Crippen LogP contribution in [0.3, 0.4) is 0 Å². The van der Waals surface area contributed by atoms with Crippen molar-refractivity contribution in [3.05, 3.63) is 70.0 Å². The van der Waals surface area contributed by atoms with Gasteiger partial charge in [0.05, 0.1) is 16.8 Å².